The molecule has 1 aromatic carbocycles. The second kappa shape index (κ2) is 6.62. The van der Waals surface area contributed by atoms with Crippen molar-refractivity contribution in [2.75, 3.05) is 6.61 Å². The van der Waals surface area contributed by atoms with Crippen LogP contribution < -0.4 is 10.6 Å². The highest BCUT2D eigenvalue weighted by molar-refractivity contribution is 8.01. The molecule has 2 aliphatic heterocycles. The highest BCUT2D eigenvalue weighted by Crippen LogP contribution is 2.32. The molecule has 4 atom stereocenters. The van der Waals surface area contributed by atoms with Crippen molar-refractivity contribution in [3.05, 3.63) is 35.9 Å². The van der Waals surface area contributed by atoms with E-state index in [0.29, 0.717) is 5.56 Å². The van der Waals surface area contributed by atoms with Crippen LogP contribution in [-0.2, 0) is 14.4 Å². The number of aliphatic carboxylic acids is 1. The van der Waals surface area contributed by atoms with Crippen LogP contribution in [-0.4, -0.2) is 57.0 Å². The maximum absolute atomic E-state index is 12.4. The molecule has 3 rings (SSSR count). The lowest BCUT2D eigenvalue weighted by Gasteiger charge is -2.31. The van der Waals surface area contributed by atoms with Gasteiger partial charge in [0.2, 0.25) is 11.8 Å². The Kier molecular flexibility index (Phi) is 4.54. The third-order valence-electron chi connectivity index (χ3n) is 3.81. The summed E-state index contributed by atoms with van der Waals surface area (Å²) in [5, 5.41) is 22.1. The molecule has 24 heavy (non-hydrogen) atoms. The molecule has 0 aromatic heterocycles. The van der Waals surface area contributed by atoms with Crippen LogP contribution in [0.4, 0.5) is 0 Å². The number of carbonyl (C=O) groups excluding carboxylic acids is 2. The number of thioether (sulfide) groups is 1. The van der Waals surface area contributed by atoms with Crippen LogP contribution in [0, 0.1) is 0 Å². The maximum Gasteiger partial charge on any atom is 0.351 e. The number of aliphatic hydroxyl groups is 1. The number of hydrogen-bond acceptors (Lipinski definition) is 6. The minimum absolute atomic E-state index is 0.195. The molecule has 8 nitrogen and oxygen atoms in total. The summed E-state index contributed by atoms with van der Waals surface area (Å²) in [6, 6.07) is 7.04. The first kappa shape index (κ1) is 16.5. The molecular weight excluding hydrogens is 334 g/mol. The van der Waals surface area contributed by atoms with Crippen LogP contribution >= 0.6 is 11.8 Å². The molecule has 2 amide bonds. The smallest absolute Gasteiger partial charge is 0.351 e. The maximum atomic E-state index is 12.4. The summed E-state index contributed by atoms with van der Waals surface area (Å²) in [5.41, 5.74) is 0.462. The number of carbonyl (C=O) groups is 3. The number of aliphatic imine (C=N–C) groups is 1. The van der Waals surface area contributed by atoms with Crippen LogP contribution in [0.2, 0.25) is 0 Å². The molecule has 4 N–H and O–H groups in total. The van der Waals surface area contributed by atoms with Gasteiger partial charge < -0.3 is 20.8 Å². The second-order valence-electron chi connectivity index (χ2n) is 5.36. The van der Waals surface area contributed by atoms with Gasteiger partial charge in [-0.2, -0.15) is 0 Å². The number of amides is 2. The number of benzene rings is 1. The van der Waals surface area contributed by atoms with Crippen LogP contribution in [0.25, 0.3) is 0 Å². The zero-order chi connectivity index (χ0) is 17.3. The van der Waals surface area contributed by atoms with Gasteiger partial charge in [0.25, 0.3) is 0 Å². The fraction of sp³-hybridized carbons (Fsp3) is 0.333. The number of hydrogen-bond donors (Lipinski definition) is 4. The van der Waals surface area contributed by atoms with Crippen LogP contribution in [0.15, 0.2) is 35.3 Å². The zero-order valence-corrected chi connectivity index (χ0v) is 13.2. The lowest BCUT2D eigenvalue weighted by molar-refractivity contribution is -0.136. The van der Waals surface area contributed by atoms with Crippen molar-refractivity contribution in [2.24, 2.45) is 4.99 Å². The van der Waals surface area contributed by atoms with E-state index in [2.05, 4.69) is 15.6 Å². The van der Waals surface area contributed by atoms with Crippen molar-refractivity contribution in [3.8, 4) is 0 Å². The Morgan fingerprint density at radius 2 is 1.88 bits per heavy atom. The number of carboxylic acids is 1. The number of nitrogens with zero attached hydrogens (tertiary/aromatic N) is 1. The first-order valence-electron chi connectivity index (χ1n) is 7.24. The molecule has 0 saturated carbocycles. The summed E-state index contributed by atoms with van der Waals surface area (Å²) < 4.78 is 0. The van der Waals surface area contributed by atoms with Gasteiger partial charge >= 0.3 is 5.97 Å². The van der Waals surface area contributed by atoms with E-state index in [9.17, 15) is 19.5 Å². The molecule has 1 unspecified atom stereocenters. The van der Waals surface area contributed by atoms with Gasteiger partial charge in [0.05, 0.1) is 11.9 Å². The van der Waals surface area contributed by atoms with E-state index in [4.69, 9.17) is 5.11 Å². The van der Waals surface area contributed by atoms with Crippen molar-refractivity contribution in [2.45, 2.75) is 22.7 Å². The Bertz CT molecular complexity index is 708. The van der Waals surface area contributed by atoms with Gasteiger partial charge in [-0.1, -0.05) is 30.3 Å². The predicted octanol–water partition coefficient (Wildman–Crippen LogP) is -0.698. The summed E-state index contributed by atoms with van der Waals surface area (Å²) in [6.45, 7) is -0.402. The lowest BCUT2D eigenvalue weighted by atomic mass is 10.0. The van der Waals surface area contributed by atoms with Crippen LogP contribution in [0.1, 0.15) is 11.6 Å². The third kappa shape index (κ3) is 3.00. The number of aliphatic hydroxyl groups excluding tert-OH is 1. The van der Waals surface area contributed by atoms with E-state index in [-0.39, 0.29) is 11.6 Å². The highest BCUT2D eigenvalue weighted by atomic mass is 32.2. The largest absolute Gasteiger partial charge is 0.477 e. The summed E-state index contributed by atoms with van der Waals surface area (Å²) >= 11 is 1.05. The first-order valence-corrected chi connectivity index (χ1v) is 8.18. The molecular formula is C15H15N3O5S. The predicted molar refractivity (Wildman–Crippen MR) is 86.6 cm³/mol. The Morgan fingerprint density at radius 1 is 1.17 bits per heavy atom. The van der Waals surface area contributed by atoms with Gasteiger partial charge in [-0.15, -0.1) is 11.8 Å². The second-order valence-corrected chi connectivity index (χ2v) is 6.68. The fourth-order valence-electron chi connectivity index (χ4n) is 2.64. The molecule has 1 fully saturated rings. The van der Waals surface area contributed by atoms with Crippen molar-refractivity contribution < 1.29 is 24.6 Å². The highest BCUT2D eigenvalue weighted by Gasteiger charge is 2.44. The van der Waals surface area contributed by atoms with Gasteiger partial charge in [0.1, 0.15) is 23.2 Å². The Morgan fingerprint density at radius 3 is 2.46 bits per heavy atom. The minimum Gasteiger partial charge on any atom is -0.477 e. The molecule has 1 saturated heterocycles. The lowest BCUT2D eigenvalue weighted by Crippen LogP contribution is -2.60. The van der Waals surface area contributed by atoms with Crippen molar-refractivity contribution in [1.82, 2.24) is 10.6 Å². The first-order chi connectivity index (χ1) is 11.5. The summed E-state index contributed by atoms with van der Waals surface area (Å²) in [7, 11) is 0. The van der Waals surface area contributed by atoms with Gasteiger partial charge in [0.15, 0.2) is 0 Å². The summed E-state index contributed by atoms with van der Waals surface area (Å²) in [4.78, 5) is 39.8. The van der Waals surface area contributed by atoms with E-state index >= 15 is 0 Å². The topological polar surface area (TPSA) is 128 Å². The Balaban J connectivity index is 1.77. The molecule has 126 valence electrons. The number of rotatable bonds is 4. The number of nitrogens with one attached hydrogen (secondary N) is 2. The average Bonchev–Trinajstić information content (AvgIpc) is 3.02. The summed E-state index contributed by atoms with van der Waals surface area (Å²) in [6.07, 6.45) is 0. The molecule has 0 aliphatic carbocycles. The SMILES string of the molecule is O=C(O)C1=N[C@@H]([C@@H]2NC(=O)C(c3ccccc3)NC2=O)S[C@@H]1CO. The van der Waals surface area contributed by atoms with Crippen molar-refractivity contribution in [3.63, 3.8) is 0 Å². The average molecular weight is 349 g/mol. The molecule has 1 aromatic rings. The Labute approximate surface area is 141 Å². The summed E-state index contributed by atoms with van der Waals surface area (Å²) in [5.74, 6) is -2.06. The van der Waals surface area contributed by atoms with E-state index in [1.807, 2.05) is 0 Å². The van der Waals surface area contributed by atoms with E-state index < -0.39 is 41.2 Å². The standard InChI is InChI=1S/C15H15N3O5S/c19-6-8-10(15(22)23)18-14(24-8)11-13(21)16-9(12(20)17-11)7-4-2-1-3-5-7/h1-5,8-9,11,14,19H,6H2,(H,16,21)(H,17,20)(H,22,23)/t8-,9?,11-,14-/m1/s1. The van der Waals surface area contributed by atoms with Crippen LogP contribution in [0.3, 0.4) is 0 Å². The molecule has 2 aliphatic rings. The van der Waals surface area contributed by atoms with Gasteiger partial charge in [-0.3, -0.25) is 14.6 Å². The molecule has 9 heteroatoms. The zero-order valence-electron chi connectivity index (χ0n) is 12.4. The number of carboxylic acid groups (broad SMARTS) is 1. The normalized spacial score (nSPS) is 29.6. The molecule has 0 spiro atoms. The molecule has 0 radical (unpaired) electrons. The molecule has 2 heterocycles. The van der Waals surface area contributed by atoms with Gasteiger partial charge in [-0.05, 0) is 5.56 Å². The quantitative estimate of drug-likeness (QED) is 0.569. The van der Waals surface area contributed by atoms with Crippen molar-refractivity contribution >= 4 is 35.3 Å². The van der Waals surface area contributed by atoms with E-state index in [1.54, 1.807) is 30.3 Å². The van der Waals surface area contributed by atoms with Gasteiger partial charge in [0, 0.05) is 0 Å². The number of piperazine rings is 1. The van der Waals surface area contributed by atoms with Crippen LogP contribution in [0.5, 0.6) is 0 Å². The van der Waals surface area contributed by atoms with Crippen molar-refractivity contribution in [1.29, 1.82) is 0 Å². The fourth-order valence-corrected chi connectivity index (χ4v) is 3.88. The van der Waals surface area contributed by atoms with Gasteiger partial charge in [-0.25, -0.2) is 4.79 Å². The third-order valence-corrected chi connectivity index (χ3v) is 5.16. The van der Waals surface area contributed by atoms with E-state index in [1.165, 1.54) is 0 Å². The monoisotopic (exact) mass is 349 g/mol. The molecule has 0 bridgehead atoms. The Hall–Kier alpha value is -2.39. The minimum atomic E-state index is -1.24. The van der Waals surface area contributed by atoms with E-state index in [0.717, 1.165) is 11.8 Å².